The van der Waals surface area contributed by atoms with Gasteiger partial charge in [-0.15, -0.1) is 0 Å². The van der Waals surface area contributed by atoms with E-state index in [1.165, 1.54) is 0 Å². The third-order valence-electron chi connectivity index (χ3n) is 4.25. The first-order valence-electron chi connectivity index (χ1n) is 7.25. The molecule has 112 valence electrons. The van der Waals surface area contributed by atoms with Crippen LogP contribution in [0.15, 0.2) is 4.52 Å². The lowest BCUT2D eigenvalue weighted by molar-refractivity contribution is -0.151. The predicted octanol–water partition coefficient (Wildman–Crippen LogP) is 1.95. The highest BCUT2D eigenvalue weighted by atomic mass is 16.5. The van der Waals surface area contributed by atoms with Gasteiger partial charge in [-0.3, -0.25) is 9.69 Å². The van der Waals surface area contributed by atoms with Gasteiger partial charge in [0, 0.05) is 13.0 Å². The van der Waals surface area contributed by atoms with E-state index < -0.39 is 11.4 Å². The molecule has 0 aromatic carbocycles. The van der Waals surface area contributed by atoms with Crippen LogP contribution in [-0.2, 0) is 17.8 Å². The quantitative estimate of drug-likeness (QED) is 0.858. The molecular weight excluding hydrogens is 258 g/mol. The van der Waals surface area contributed by atoms with Gasteiger partial charge in [0.25, 0.3) is 0 Å². The molecule has 0 spiro atoms. The lowest BCUT2D eigenvalue weighted by Gasteiger charge is -2.28. The molecule has 2 rings (SSSR count). The van der Waals surface area contributed by atoms with E-state index in [4.69, 9.17) is 4.52 Å². The Morgan fingerprint density at radius 1 is 1.55 bits per heavy atom. The number of hydrogen-bond acceptors (Lipinski definition) is 5. The van der Waals surface area contributed by atoms with Crippen molar-refractivity contribution in [1.82, 2.24) is 15.0 Å². The Morgan fingerprint density at radius 3 is 2.85 bits per heavy atom. The highest BCUT2D eigenvalue weighted by Crippen LogP contribution is 2.38. The first-order chi connectivity index (χ1) is 9.48. The van der Waals surface area contributed by atoms with Crippen molar-refractivity contribution in [3.63, 3.8) is 0 Å². The van der Waals surface area contributed by atoms with E-state index in [2.05, 4.69) is 22.0 Å². The summed E-state index contributed by atoms with van der Waals surface area (Å²) in [5.74, 6) is 0.726. The molecule has 1 aromatic rings. The van der Waals surface area contributed by atoms with Crippen molar-refractivity contribution < 1.29 is 14.4 Å². The van der Waals surface area contributed by atoms with Crippen molar-refractivity contribution in [2.24, 2.45) is 11.3 Å². The second-order valence-electron chi connectivity index (χ2n) is 5.93. The van der Waals surface area contributed by atoms with Crippen molar-refractivity contribution >= 4 is 5.97 Å². The Hall–Kier alpha value is -1.43. The molecule has 6 nitrogen and oxygen atoms in total. The summed E-state index contributed by atoms with van der Waals surface area (Å²) in [6.07, 6.45) is 2.47. The summed E-state index contributed by atoms with van der Waals surface area (Å²) in [4.78, 5) is 18.0. The number of rotatable bonds is 6. The summed E-state index contributed by atoms with van der Waals surface area (Å²) in [5.41, 5.74) is -0.647. The standard InChI is InChI=1S/C14H23N3O3/c1-4-5-11-15-12(20-16-11)8-17-7-6-14(9-17,10(2)3)13(18)19/h10H,4-9H2,1-3H3,(H,18,19). The zero-order valence-corrected chi connectivity index (χ0v) is 12.4. The monoisotopic (exact) mass is 281 g/mol. The summed E-state index contributed by atoms with van der Waals surface area (Å²) < 4.78 is 5.22. The van der Waals surface area contributed by atoms with Crippen LogP contribution in [0.2, 0.25) is 0 Å². The summed E-state index contributed by atoms with van der Waals surface area (Å²) in [5, 5.41) is 13.4. The van der Waals surface area contributed by atoms with E-state index in [-0.39, 0.29) is 5.92 Å². The van der Waals surface area contributed by atoms with Crippen LogP contribution >= 0.6 is 0 Å². The Labute approximate surface area is 119 Å². The Bertz CT molecular complexity index is 472. The zero-order valence-electron chi connectivity index (χ0n) is 12.4. The second-order valence-corrected chi connectivity index (χ2v) is 5.93. The molecule has 1 N–H and O–H groups in total. The number of carbonyl (C=O) groups is 1. The van der Waals surface area contributed by atoms with Crippen molar-refractivity contribution in [3.05, 3.63) is 11.7 Å². The number of aliphatic carboxylic acids is 1. The van der Waals surface area contributed by atoms with E-state index in [1.54, 1.807) is 0 Å². The van der Waals surface area contributed by atoms with Crippen molar-refractivity contribution in [2.75, 3.05) is 13.1 Å². The average Bonchev–Trinajstić information content (AvgIpc) is 2.98. The Kier molecular flexibility index (Phi) is 4.42. The normalized spacial score (nSPS) is 23.6. The van der Waals surface area contributed by atoms with Gasteiger partial charge in [-0.1, -0.05) is 25.9 Å². The van der Waals surface area contributed by atoms with Crippen LogP contribution in [0.5, 0.6) is 0 Å². The average molecular weight is 281 g/mol. The molecule has 1 atom stereocenters. The minimum absolute atomic E-state index is 0.114. The van der Waals surface area contributed by atoms with Crippen LogP contribution < -0.4 is 0 Å². The van der Waals surface area contributed by atoms with E-state index in [0.717, 1.165) is 25.2 Å². The number of carboxylic acids is 1. The fourth-order valence-electron chi connectivity index (χ4n) is 2.81. The number of nitrogens with zero attached hydrogens (tertiary/aromatic N) is 3. The van der Waals surface area contributed by atoms with Crippen LogP contribution in [-0.4, -0.2) is 39.2 Å². The van der Waals surface area contributed by atoms with Crippen molar-refractivity contribution in [2.45, 2.75) is 46.6 Å². The van der Waals surface area contributed by atoms with E-state index in [1.807, 2.05) is 13.8 Å². The van der Waals surface area contributed by atoms with Gasteiger partial charge in [-0.25, -0.2) is 0 Å². The van der Waals surface area contributed by atoms with Crippen LogP contribution in [0.4, 0.5) is 0 Å². The highest BCUT2D eigenvalue weighted by Gasteiger charge is 2.47. The van der Waals surface area contributed by atoms with Crippen LogP contribution in [0.1, 0.15) is 45.3 Å². The second kappa shape index (κ2) is 5.91. The first kappa shape index (κ1) is 15.0. The smallest absolute Gasteiger partial charge is 0.311 e. The molecule has 0 bridgehead atoms. The van der Waals surface area contributed by atoms with Gasteiger partial charge in [0.1, 0.15) is 0 Å². The maximum absolute atomic E-state index is 11.6. The molecule has 2 heterocycles. The van der Waals surface area contributed by atoms with Gasteiger partial charge in [0.05, 0.1) is 12.0 Å². The van der Waals surface area contributed by atoms with Crippen molar-refractivity contribution in [3.8, 4) is 0 Å². The lowest BCUT2D eigenvalue weighted by Crippen LogP contribution is -2.39. The largest absolute Gasteiger partial charge is 0.481 e. The minimum Gasteiger partial charge on any atom is -0.481 e. The van der Waals surface area contributed by atoms with Gasteiger partial charge in [0.15, 0.2) is 5.82 Å². The number of likely N-dealkylation sites (tertiary alicyclic amines) is 1. The number of aryl methyl sites for hydroxylation is 1. The third-order valence-corrected chi connectivity index (χ3v) is 4.25. The molecule has 1 aromatic heterocycles. The summed E-state index contributed by atoms with van der Waals surface area (Å²) >= 11 is 0. The van der Waals surface area contributed by atoms with Crippen molar-refractivity contribution in [1.29, 1.82) is 0 Å². The molecule has 1 saturated heterocycles. The Morgan fingerprint density at radius 2 is 2.30 bits per heavy atom. The summed E-state index contributed by atoms with van der Waals surface area (Å²) in [6, 6.07) is 0. The maximum atomic E-state index is 11.6. The number of aromatic nitrogens is 2. The lowest BCUT2D eigenvalue weighted by atomic mass is 9.76. The fraction of sp³-hybridized carbons (Fsp3) is 0.786. The zero-order chi connectivity index (χ0) is 14.8. The van der Waals surface area contributed by atoms with Crippen LogP contribution in [0, 0.1) is 11.3 Å². The van der Waals surface area contributed by atoms with Gasteiger partial charge in [-0.05, 0) is 25.3 Å². The first-order valence-corrected chi connectivity index (χ1v) is 7.25. The molecule has 6 heteroatoms. The third kappa shape index (κ3) is 2.85. The minimum atomic E-state index is -0.702. The summed E-state index contributed by atoms with van der Waals surface area (Å²) in [6.45, 7) is 7.87. The molecule has 0 amide bonds. The molecule has 1 aliphatic heterocycles. The van der Waals surface area contributed by atoms with Crippen LogP contribution in [0.25, 0.3) is 0 Å². The van der Waals surface area contributed by atoms with Gasteiger partial charge in [0.2, 0.25) is 5.89 Å². The van der Waals surface area contributed by atoms with Crippen LogP contribution in [0.3, 0.4) is 0 Å². The van der Waals surface area contributed by atoms with Gasteiger partial charge in [-0.2, -0.15) is 4.98 Å². The van der Waals surface area contributed by atoms with E-state index in [0.29, 0.717) is 25.4 Å². The fourth-order valence-corrected chi connectivity index (χ4v) is 2.81. The van der Waals surface area contributed by atoms with Gasteiger partial charge >= 0.3 is 5.97 Å². The molecule has 1 unspecified atom stereocenters. The van der Waals surface area contributed by atoms with Gasteiger partial charge < -0.3 is 9.63 Å². The van der Waals surface area contributed by atoms with E-state index >= 15 is 0 Å². The summed E-state index contributed by atoms with van der Waals surface area (Å²) in [7, 11) is 0. The topological polar surface area (TPSA) is 79.5 Å². The molecule has 20 heavy (non-hydrogen) atoms. The molecule has 0 aliphatic carbocycles. The number of carboxylic acid groups (broad SMARTS) is 1. The molecule has 1 fully saturated rings. The molecular formula is C14H23N3O3. The molecule has 0 radical (unpaired) electrons. The predicted molar refractivity (Wildman–Crippen MR) is 73.1 cm³/mol. The van der Waals surface area contributed by atoms with E-state index in [9.17, 15) is 9.90 Å². The maximum Gasteiger partial charge on any atom is 0.311 e. The number of hydrogen-bond donors (Lipinski definition) is 1. The Balaban J connectivity index is 2.00. The molecule has 0 saturated carbocycles. The SMILES string of the molecule is CCCc1noc(CN2CCC(C(=O)O)(C(C)C)C2)n1. The molecule has 1 aliphatic rings. The highest BCUT2D eigenvalue weighted by molar-refractivity contribution is 5.75.